The summed E-state index contributed by atoms with van der Waals surface area (Å²) in [5, 5.41) is 23.2. The van der Waals surface area contributed by atoms with E-state index in [1.54, 1.807) is 26.0 Å². The fourth-order valence-electron chi connectivity index (χ4n) is 4.36. The van der Waals surface area contributed by atoms with Gasteiger partial charge in [-0.1, -0.05) is 6.58 Å². The second-order valence-electron chi connectivity index (χ2n) is 10.0. The van der Waals surface area contributed by atoms with Crippen LogP contribution in [0.4, 0.5) is 20.2 Å². The maximum atomic E-state index is 14.6. The lowest BCUT2D eigenvalue weighted by Gasteiger charge is -2.13. The molecule has 3 rings (SSSR count). The topological polar surface area (TPSA) is 130 Å². The van der Waals surface area contributed by atoms with Gasteiger partial charge in [0.25, 0.3) is 5.91 Å². The van der Waals surface area contributed by atoms with Crippen molar-refractivity contribution in [3.63, 3.8) is 0 Å². The molecule has 1 unspecified atom stereocenters. The van der Waals surface area contributed by atoms with Gasteiger partial charge >= 0.3 is 0 Å². The van der Waals surface area contributed by atoms with Gasteiger partial charge < -0.3 is 26.6 Å². The van der Waals surface area contributed by atoms with E-state index < -0.39 is 11.6 Å². The van der Waals surface area contributed by atoms with E-state index in [1.165, 1.54) is 18.3 Å². The number of hydrogen-bond acceptors (Lipinski definition) is 7. The highest BCUT2D eigenvalue weighted by Crippen LogP contribution is 2.26. The summed E-state index contributed by atoms with van der Waals surface area (Å²) >= 11 is 0. The number of carbonyl (C=O) groups is 2. The molecule has 1 heterocycles. The molecule has 2 aromatic rings. The Bertz CT molecular complexity index is 1420. The Morgan fingerprint density at radius 1 is 1.14 bits per heavy atom. The molecule has 0 saturated carbocycles. The minimum atomic E-state index is -1.06. The summed E-state index contributed by atoms with van der Waals surface area (Å²) in [6, 6.07) is 9.81. The van der Waals surface area contributed by atoms with Crippen LogP contribution < -0.4 is 26.6 Å². The summed E-state index contributed by atoms with van der Waals surface area (Å²) in [4.78, 5) is 29.0. The van der Waals surface area contributed by atoms with Gasteiger partial charge in [0.05, 0.1) is 29.2 Å². The molecule has 0 spiro atoms. The molecule has 42 heavy (non-hydrogen) atoms. The molecule has 5 N–H and O–H groups in total. The molecule has 2 amide bonds. The molecular formula is C31H37F2N7O2. The van der Waals surface area contributed by atoms with Gasteiger partial charge in [0, 0.05) is 36.1 Å². The van der Waals surface area contributed by atoms with E-state index in [2.05, 4.69) is 38.2 Å². The molecule has 1 aliphatic heterocycles. The van der Waals surface area contributed by atoms with Crippen LogP contribution in [0.1, 0.15) is 54.6 Å². The van der Waals surface area contributed by atoms with Crippen LogP contribution in [0.25, 0.3) is 5.57 Å². The van der Waals surface area contributed by atoms with Gasteiger partial charge in [-0.25, -0.2) is 8.78 Å². The van der Waals surface area contributed by atoms with Crippen LogP contribution in [-0.4, -0.2) is 49.7 Å². The van der Waals surface area contributed by atoms with E-state index in [4.69, 9.17) is 5.26 Å². The Labute approximate surface area is 245 Å². The molecule has 0 bridgehead atoms. The molecular weight excluding hydrogens is 540 g/mol. The predicted molar refractivity (Wildman–Crippen MR) is 162 cm³/mol. The van der Waals surface area contributed by atoms with Crippen LogP contribution in [-0.2, 0) is 4.79 Å². The second-order valence-corrected chi connectivity index (χ2v) is 10.0. The quantitative estimate of drug-likeness (QED) is 0.134. The number of anilines is 2. The van der Waals surface area contributed by atoms with E-state index in [-0.39, 0.29) is 35.7 Å². The van der Waals surface area contributed by atoms with E-state index >= 15 is 0 Å². The number of carbonyl (C=O) groups excluding carboxylic acids is 2. The lowest BCUT2D eigenvalue weighted by Crippen LogP contribution is -2.41. The van der Waals surface area contributed by atoms with Gasteiger partial charge in [-0.15, -0.1) is 0 Å². The van der Waals surface area contributed by atoms with Gasteiger partial charge in [0.2, 0.25) is 5.91 Å². The molecule has 0 aromatic heterocycles. The highest BCUT2D eigenvalue weighted by Gasteiger charge is 2.21. The van der Waals surface area contributed by atoms with Crippen molar-refractivity contribution >= 4 is 34.5 Å². The van der Waals surface area contributed by atoms with Gasteiger partial charge in [-0.05, 0) is 88.0 Å². The standard InChI is InChI=1S/C31H37F2N7O2/c1-19-17-23(8-9-25(19)30(41)37-14-6-15-38-31(42)27-7-5-13-35-27)40-22(4)21(3)39-18-20(2)24-10-11-26(36-16-12-34)29(33)28(24)32/h8-11,17-18,27,35-36,40H,4-7,13-16H2,1-3H3,(H,37,41)(H,38,42)/b20-18+,39-21?. The van der Waals surface area contributed by atoms with Crippen molar-refractivity contribution in [2.24, 2.45) is 4.99 Å². The lowest BCUT2D eigenvalue weighted by atomic mass is 10.1. The minimum Gasteiger partial charge on any atom is -0.370 e. The van der Waals surface area contributed by atoms with Crippen molar-refractivity contribution in [2.45, 2.75) is 46.1 Å². The van der Waals surface area contributed by atoms with Crippen LogP contribution in [0, 0.1) is 29.9 Å². The van der Waals surface area contributed by atoms with Crippen molar-refractivity contribution in [3.8, 4) is 6.07 Å². The predicted octanol–water partition coefficient (Wildman–Crippen LogP) is 4.64. The van der Waals surface area contributed by atoms with Crippen molar-refractivity contribution in [1.82, 2.24) is 16.0 Å². The first-order valence-corrected chi connectivity index (χ1v) is 13.8. The number of hydrogen-bond donors (Lipinski definition) is 5. The third-order valence-corrected chi connectivity index (χ3v) is 6.84. The largest absolute Gasteiger partial charge is 0.370 e. The number of amides is 2. The molecule has 0 aliphatic carbocycles. The van der Waals surface area contributed by atoms with Crippen LogP contribution in [0.5, 0.6) is 0 Å². The monoisotopic (exact) mass is 577 g/mol. The summed E-state index contributed by atoms with van der Waals surface area (Å²) in [6.07, 6.45) is 3.91. The highest BCUT2D eigenvalue weighted by molar-refractivity contribution is 6.01. The second kappa shape index (κ2) is 15.4. The smallest absolute Gasteiger partial charge is 0.251 e. The number of nitriles is 1. The van der Waals surface area contributed by atoms with Crippen molar-refractivity contribution in [3.05, 3.63) is 77.1 Å². The lowest BCUT2D eigenvalue weighted by molar-refractivity contribution is -0.122. The number of aliphatic imine (C=N–C) groups is 1. The number of nitrogens with one attached hydrogen (secondary N) is 5. The molecule has 9 nitrogen and oxygen atoms in total. The van der Waals surface area contributed by atoms with Gasteiger partial charge in [0.15, 0.2) is 11.6 Å². The third-order valence-electron chi connectivity index (χ3n) is 6.84. The summed E-state index contributed by atoms with van der Waals surface area (Å²) in [6.45, 7) is 10.8. The van der Waals surface area contributed by atoms with Crippen LogP contribution in [0.15, 0.2) is 53.8 Å². The van der Waals surface area contributed by atoms with Crippen molar-refractivity contribution in [2.75, 3.05) is 36.8 Å². The number of benzene rings is 2. The highest BCUT2D eigenvalue weighted by atomic mass is 19.2. The fraction of sp³-hybridized carbons (Fsp3) is 0.355. The molecule has 2 aromatic carbocycles. The van der Waals surface area contributed by atoms with Crippen molar-refractivity contribution in [1.29, 1.82) is 5.26 Å². The fourth-order valence-corrected chi connectivity index (χ4v) is 4.36. The Kier molecular flexibility index (Phi) is 11.8. The number of halogens is 2. The Balaban J connectivity index is 1.52. The molecule has 1 aliphatic rings. The van der Waals surface area contributed by atoms with Crippen LogP contribution in [0.3, 0.4) is 0 Å². The Morgan fingerprint density at radius 2 is 1.88 bits per heavy atom. The van der Waals surface area contributed by atoms with E-state index in [1.807, 2.05) is 19.1 Å². The molecule has 1 atom stereocenters. The summed E-state index contributed by atoms with van der Waals surface area (Å²) < 4.78 is 28.9. The molecule has 0 radical (unpaired) electrons. The van der Waals surface area contributed by atoms with Crippen LogP contribution in [0.2, 0.25) is 0 Å². The van der Waals surface area contributed by atoms with E-state index in [0.29, 0.717) is 47.7 Å². The summed E-state index contributed by atoms with van der Waals surface area (Å²) in [7, 11) is 0. The normalized spacial score (nSPS) is 15.1. The first-order chi connectivity index (χ1) is 20.1. The first kappa shape index (κ1) is 32.0. The third kappa shape index (κ3) is 8.72. The zero-order valence-corrected chi connectivity index (χ0v) is 24.2. The zero-order chi connectivity index (χ0) is 30.6. The maximum Gasteiger partial charge on any atom is 0.251 e. The number of nitrogens with zero attached hydrogens (tertiary/aromatic N) is 2. The number of aryl methyl sites for hydroxylation is 1. The van der Waals surface area contributed by atoms with Gasteiger partial charge in [-0.2, -0.15) is 5.26 Å². The number of allylic oxidation sites excluding steroid dienone is 2. The molecule has 1 saturated heterocycles. The molecule has 222 valence electrons. The Hall–Kier alpha value is -4.56. The first-order valence-electron chi connectivity index (χ1n) is 13.8. The summed E-state index contributed by atoms with van der Waals surface area (Å²) in [5.74, 6) is -2.28. The van der Waals surface area contributed by atoms with Crippen LogP contribution >= 0.6 is 0 Å². The molecule has 11 heteroatoms. The van der Waals surface area contributed by atoms with Crippen molar-refractivity contribution < 1.29 is 18.4 Å². The van der Waals surface area contributed by atoms with Gasteiger partial charge in [-0.3, -0.25) is 14.6 Å². The number of rotatable bonds is 13. The van der Waals surface area contributed by atoms with E-state index in [0.717, 1.165) is 24.9 Å². The average molecular weight is 578 g/mol. The zero-order valence-electron chi connectivity index (χ0n) is 24.2. The Morgan fingerprint density at radius 3 is 2.57 bits per heavy atom. The summed E-state index contributed by atoms with van der Waals surface area (Å²) in [5.41, 5.74) is 3.41. The maximum absolute atomic E-state index is 14.6. The van der Waals surface area contributed by atoms with Gasteiger partial charge in [0.1, 0.15) is 6.54 Å². The average Bonchev–Trinajstić information content (AvgIpc) is 3.51. The van der Waals surface area contributed by atoms with E-state index in [9.17, 15) is 18.4 Å². The SMILES string of the molecule is C=C(Nc1ccc(C(=O)NCCCNC(=O)C2CCCN2)c(C)c1)C(C)=N/C=C(\C)c1ccc(NCC#N)c(F)c1F. The molecule has 1 fully saturated rings. The minimum absolute atomic E-state index is 0.00603.